The number of carbonyl (C=O) groups is 1. The highest BCUT2D eigenvalue weighted by Gasteiger charge is 2.21. The van der Waals surface area contributed by atoms with Crippen molar-refractivity contribution in [2.45, 2.75) is 13.3 Å². The van der Waals surface area contributed by atoms with Gasteiger partial charge in [0.25, 0.3) is 5.91 Å². The zero-order valence-electron chi connectivity index (χ0n) is 14.0. The molecule has 2 rings (SSSR count). The van der Waals surface area contributed by atoms with Gasteiger partial charge in [0.15, 0.2) is 24.0 Å². The number of rotatable bonds is 8. The van der Waals surface area contributed by atoms with E-state index in [9.17, 15) is 22.4 Å². The van der Waals surface area contributed by atoms with Gasteiger partial charge in [-0.25, -0.2) is 8.78 Å². The van der Waals surface area contributed by atoms with E-state index in [1.807, 2.05) is 25.1 Å². The number of nitrogens with one attached hydrogen (secondary N) is 1. The van der Waals surface area contributed by atoms with Crippen LogP contribution < -0.4 is 14.8 Å². The van der Waals surface area contributed by atoms with Crippen molar-refractivity contribution in [3.63, 3.8) is 0 Å². The molecule has 2 aromatic carbocycles. The molecule has 0 atom stereocenters. The largest absolute Gasteiger partial charge is 0.494 e. The van der Waals surface area contributed by atoms with Gasteiger partial charge in [-0.3, -0.25) is 4.79 Å². The topological polar surface area (TPSA) is 47.6 Å². The van der Waals surface area contributed by atoms with Crippen LogP contribution >= 0.6 is 0 Å². The highest BCUT2D eigenvalue weighted by Crippen LogP contribution is 2.26. The van der Waals surface area contributed by atoms with E-state index in [1.165, 1.54) is 0 Å². The van der Waals surface area contributed by atoms with Crippen LogP contribution in [0.5, 0.6) is 11.5 Å². The third-order valence-electron chi connectivity index (χ3n) is 3.32. The molecule has 1 amide bonds. The molecule has 0 unspecified atom stereocenters. The van der Waals surface area contributed by atoms with E-state index < -0.39 is 41.5 Å². The molecule has 0 heterocycles. The molecule has 0 aliphatic rings. The van der Waals surface area contributed by atoms with Gasteiger partial charge in [0.1, 0.15) is 5.75 Å². The summed E-state index contributed by atoms with van der Waals surface area (Å²) in [5, 5.41) is 2.44. The number of amides is 1. The summed E-state index contributed by atoms with van der Waals surface area (Å²) >= 11 is 0. The molecule has 0 bridgehead atoms. The Hall–Kier alpha value is -2.77. The SMILES string of the molecule is Cc1cccc(OCCCNC(=O)COc2c(F)c(F)cc(F)c2F)c1. The molecular weight excluding hydrogens is 354 g/mol. The van der Waals surface area contributed by atoms with E-state index in [0.29, 0.717) is 18.8 Å². The Morgan fingerprint density at radius 3 is 2.38 bits per heavy atom. The quantitative estimate of drug-likeness (QED) is 0.439. The molecule has 0 aliphatic carbocycles. The lowest BCUT2D eigenvalue weighted by Gasteiger charge is -2.10. The number of hydrogen-bond donors (Lipinski definition) is 1. The van der Waals surface area contributed by atoms with Gasteiger partial charge in [0.05, 0.1) is 6.61 Å². The summed E-state index contributed by atoms with van der Waals surface area (Å²) in [4.78, 5) is 11.6. The van der Waals surface area contributed by atoms with Crippen LogP contribution in [0.4, 0.5) is 17.6 Å². The predicted molar refractivity (Wildman–Crippen MR) is 86.1 cm³/mol. The van der Waals surface area contributed by atoms with Gasteiger partial charge >= 0.3 is 0 Å². The number of ether oxygens (including phenoxy) is 2. The number of hydrogen-bond acceptors (Lipinski definition) is 3. The fraction of sp³-hybridized carbons (Fsp3) is 0.278. The molecule has 0 fully saturated rings. The fourth-order valence-corrected chi connectivity index (χ4v) is 2.06. The molecule has 0 aromatic heterocycles. The van der Waals surface area contributed by atoms with Crippen LogP contribution in [0.1, 0.15) is 12.0 Å². The average molecular weight is 371 g/mol. The first-order valence-electron chi connectivity index (χ1n) is 7.80. The molecule has 0 saturated carbocycles. The molecule has 2 aromatic rings. The van der Waals surface area contributed by atoms with E-state index in [1.54, 1.807) is 6.07 Å². The minimum absolute atomic E-state index is 0.0613. The van der Waals surface area contributed by atoms with E-state index in [-0.39, 0.29) is 12.6 Å². The first-order valence-corrected chi connectivity index (χ1v) is 7.80. The number of aryl methyl sites for hydroxylation is 1. The second-order valence-electron chi connectivity index (χ2n) is 5.45. The van der Waals surface area contributed by atoms with E-state index in [2.05, 4.69) is 10.1 Å². The highest BCUT2D eigenvalue weighted by atomic mass is 19.2. The van der Waals surface area contributed by atoms with Gasteiger partial charge in [-0.15, -0.1) is 0 Å². The van der Waals surface area contributed by atoms with Crippen LogP contribution in [0.2, 0.25) is 0 Å². The van der Waals surface area contributed by atoms with Gasteiger partial charge < -0.3 is 14.8 Å². The van der Waals surface area contributed by atoms with Crippen LogP contribution in [-0.4, -0.2) is 25.7 Å². The maximum Gasteiger partial charge on any atom is 0.257 e. The Morgan fingerprint density at radius 2 is 1.73 bits per heavy atom. The Bertz CT molecular complexity index is 757. The van der Waals surface area contributed by atoms with Crippen LogP contribution in [0.15, 0.2) is 30.3 Å². The fourth-order valence-electron chi connectivity index (χ4n) is 2.06. The van der Waals surface area contributed by atoms with Gasteiger partial charge in [-0.2, -0.15) is 8.78 Å². The predicted octanol–water partition coefficient (Wildman–Crippen LogP) is 3.52. The lowest BCUT2D eigenvalue weighted by molar-refractivity contribution is -0.123. The molecule has 4 nitrogen and oxygen atoms in total. The molecular formula is C18H17F4NO3. The van der Waals surface area contributed by atoms with Gasteiger partial charge in [-0.05, 0) is 31.0 Å². The molecule has 0 aliphatic heterocycles. The summed E-state index contributed by atoms with van der Waals surface area (Å²) in [7, 11) is 0. The summed E-state index contributed by atoms with van der Waals surface area (Å²) in [5.41, 5.74) is 1.06. The zero-order valence-corrected chi connectivity index (χ0v) is 14.0. The van der Waals surface area contributed by atoms with Crippen molar-refractivity contribution in [1.82, 2.24) is 5.32 Å². The summed E-state index contributed by atoms with van der Waals surface area (Å²) in [6.07, 6.45) is 0.483. The summed E-state index contributed by atoms with van der Waals surface area (Å²) < 4.78 is 62.8. The minimum atomic E-state index is -1.69. The van der Waals surface area contributed by atoms with Crippen molar-refractivity contribution in [2.75, 3.05) is 19.8 Å². The third kappa shape index (κ3) is 5.37. The Kier molecular flexibility index (Phi) is 6.82. The molecule has 26 heavy (non-hydrogen) atoms. The van der Waals surface area contributed by atoms with E-state index in [0.717, 1.165) is 5.56 Å². The Morgan fingerprint density at radius 1 is 1.04 bits per heavy atom. The minimum Gasteiger partial charge on any atom is -0.494 e. The monoisotopic (exact) mass is 371 g/mol. The van der Waals surface area contributed by atoms with Crippen molar-refractivity contribution < 1.29 is 31.8 Å². The lowest BCUT2D eigenvalue weighted by Crippen LogP contribution is -2.30. The lowest BCUT2D eigenvalue weighted by atomic mass is 10.2. The molecule has 0 saturated heterocycles. The summed E-state index contributed by atoms with van der Waals surface area (Å²) in [6.45, 7) is 1.73. The second kappa shape index (κ2) is 9.07. The number of halogens is 4. The first-order chi connectivity index (χ1) is 12.4. The maximum absolute atomic E-state index is 13.4. The normalized spacial score (nSPS) is 10.5. The van der Waals surface area contributed by atoms with Crippen molar-refractivity contribution >= 4 is 5.91 Å². The Labute approximate surface area is 147 Å². The van der Waals surface area contributed by atoms with E-state index >= 15 is 0 Å². The van der Waals surface area contributed by atoms with Gasteiger partial charge in [0, 0.05) is 12.6 Å². The second-order valence-corrected chi connectivity index (χ2v) is 5.45. The Balaban J connectivity index is 1.71. The molecule has 0 spiro atoms. The first kappa shape index (κ1) is 19.6. The molecule has 140 valence electrons. The third-order valence-corrected chi connectivity index (χ3v) is 3.32. The smallest absolute Gasteiger partial charge is 0.257 e. The molecule has 1 N–H and O–H groups in total. The van der Waals surface area contributed by atoms with Crippen molar-refractivity contribution in [3.8, 4) is 11.5 Å². The number of carbonyl (C=O) groups excluding carboxylic acids is 1. The molecule has 8 heteroatoms. The van der Waals surface area contributed by atoms with Crippen LogP contribution in [0.3, 0.4) is 0 Å². The summed E-state index contributed by atoms with van der Waals surface area (Å²) in [5.74, 6) is -7.84. The van der Waals surface area contributed by atoms with Crippen molar-refractivity contribution in [3.05, 3.63) is 59.2 Å². The van der Waals surface area contributed by atoms with Crippen molar-refractivity contribution in [1.29, 1.82) is 0 Å². The van der Waals surface area contributed by atoms with Crippen molar-refractivity contribution in [2.24, 2.45) is 0 Å². The van der Waals surface area contributed by atoms with Crippen LogP contribution in [0, 0.1) is 30.2 Å². The highest BCUT2D eigenvalue weighted by molar-refractivity contribution is 5.77. The average Bonchev–Trinajstić information content (AvgIpc) is 2.60. The maximum atomic E-state index is 13.4. The van der Waals surface area contributed by atoms with Gasteiger partial charge in [0.2, 0.25) is 11.6 Å². The van der Waals surface area contributed by atoms with Gasteiger partial charge in [-0.1, -0.05) is 12.1 Å². The molecule has 0 radical (unpaired) electrons. The number of benzene rings is 2. The zero-order chi connectivity index (χ0) is 19.1. The van der Waals surface area contributed by atoms with E-state index in [4.69, 9.17) is 4.74 Å². The summed E-state index contributed by atoms with van der Waals surface area (Å²) in [6, 6.07) is 7.53. The van der Waals surface area contributed by atoms with Crippen LogP contribution in [-0.2, 0) is 4.79 Å². The standard InChI is InChI=1S/C18H17F4NO3/c1-11-4-2-5-12(8-11)25-7-3-6-23-15(24)10-26-18-16(21)13(19)9-14(20)17(18)22/h2,4-5,8-9H,3,6-7,10H2,1H3,(H,23,24). The van der Waals surface area contributed by atoms with Crippen LogP contribution in [0.25, 0.3) is 0 Å².